The Balaban J connectivity index is -0.000000130. The third-order valence-electron chi connectivity index (χ3n) is 1.07. The van der Waals surface area contributed by atoms with E-state index < -0.39 is 17.3 Å². The van der Waals surface area contributed by atoms with Crippen molar-refractivity contribution in [3.8, 4) is 0 Å². The SMILES string of the molecule is [2H]/C(C(C)=O)=C(\C)O.[2H]/C(C(C)=O)=C(\C)O.[2H]/C(C(C)=O)=C(\C)O.[Al]. The smallest absolute Gasteiger partial charge is 0.155 e. The van der Waals surface area contributed by atoms with E-state index in [-0.39, 0.29) is 52.8 Å². The molecule has 0 fully saturated rings. The minimum absolute atomic E-state index is 0. The number of carbonyl (C=O) groups is 3. The number of carbonyl (C=O) groups excluding carboxylic acids is 3. The van der Waals surface area contributed by atoms with Gasteiger partial charge in [-0.1, -0.05) is 0 Å². The van der Waals surface area contributed by atoms with E-state index in [0.29, 0.717) is 0 Å². The van der Waals surface area contributed by atoms with Gasteiger partial charge in [-0.2, -0.15) is 0 Å². The van der Waals surface area contributed by atoms with Crippen LogP contribution in [0.2, 0.25) is 0 Å². The van der Waals surface area contributed by atoms with Crippen LogP contribution in [0.25, 0.3) is 0 Å². The molecule has 6 nitrogen and oxygen atoms in total. The molecule has 0 saturated heterocycles. The Labute approximate surface area is 146 Å². The molecule has 22 heavy (non-hydrogen) atoms. The van der Waals surface area contributed by atoms with Crippen molar-refractivity contribution in [2.75, 3.05) is 0 Å². The van der Waals surface area contributed by atoms with Crippen molar-refractivity contribution in [1.29, 1.82) is 0 Å². The lowest BCUT2D eigenvalue weighted by Crippen LogP contribution is -1.82. The summed E-state index contributed by atoms with van der Waals surface area (Å²) in [4.78, 5) is 30.5. The van der Waals surface area contributed by atoms with Crippen LogP contribution in [0.3, 0.4) is 0 Å². The monoisotopic (exact) mass is 330 g/mol. The van der Waals surface area contributed by atoms with E-state index in [2.05, 4.69) is 0 Å². The summed E-state index contributed by atoms with van der Waals surface area (Å²) in [6, 6.07) is -0.944. The van der Waals surface area contributed by atoms with Gasteiger partial charge >= 0.3 is 0 Å². The van der Waals surface area contributed by atoms with Crippen molar-refractivity contribution in [3.63, 3.8) is 0 Å². The van der Waals surface area contributed by atoms with Crippen molar-refractivity contribution in [1.82, 2.24) is 0 Å². The first kappa shape index (κ1) is 20.2. The fourth-order valence-electron chi connectivity index (χ4n) is 0.764. The molecule has 123 valence electrons. The number of ketones is 3. The second-order valence-electron chi connectivity index (χ2n) is 3.80. The van der Waals surface area contributed by atoms with E-state index in [1.807, 2.05) is 0 Å². The van der Waals surface area contributed by atoms with Gasteiger partial charge in [0.25, 0.3) is 0 Å². The molecule has 0 heterocycles. The zero-order valence-corrected chi connectivity index (χ0v) is 14.8. The van der Waals surface area contributed by atoms with Gasteiger partial charge in [0.05, 0.1) is 21.4 Å². The largest absolute Gasteiger partial charge is 0.512 e. The highest BCUT2D eigenvalue weighted by atomic mass is 27.0. The third kappa shape index (κ3) is 51.8. The summed E-state index contributed by atoms with van der Waals surface area (Å²) < 4.78 is 20.3. The van der Waals surface area contributed by atoms with Crippen LogP contribution in [-0.2, 0) is 14.4 Å². The highest BCUT2D eigenvalue weighted by molar-refractivity contribution is 5.88. The zero-order valence-electron chi connectivity index (χ0n) is 16.6. The number of hydrogen-bond donors (Lipinski definition) is 3. The molecule has 0 spiro atoms. The summed E-state index contributed by atoms with van der Waals surface area (Å²) in [7, 11) is 0. The number of hydrogen-bond acceptors (Lipinski definition) is 6. The Morgan fingerprint density at radius 3 is 0.773 bits per heavy atom. The summed E-state index contributed by atoms with van der Waals surface area (Å²) in [5.74, 6) is -1.91. The van der Waals surface area contributed by atoms with Crippen LogP contribution in [0.5, 0.6) is 0 Å². The van der Waals surface area contributed by atoms with Crippen molar-refractivity contribution in [2.45, 2.75) is 41.5 Å². The van der Waals surface area contributed by atoms with E-state index in [1.165, 1.54) is 41.5 Å². The average Bonchev–Trinajstić information content (AvgIpc) is 2.45. The van der Waals surface area contributed by atoms with Gasteiger partial charge in [0.15, 0.2) is 17.3 Å². The number of aliphatic hydroxyl groups excluding tert-OH is 3. The Morgan fingerprint density at radius 2 is 0.773 bits per heavy atom. The number of allylic oxidation sites excluding steroid dienone is 6. The standard InChI is InChI=1S/3C5H8O2.Al/c3*1-4(6)3-5(2)7;/h3*3,6H,1-2H3;/b3*4-3-;/i3*3D;. The molecule has 0 unspecified atom stereocenters. The molecular weight excluding hydrogens is 303 g/mol. The zero-order chi connectivity index (χ0) is 20.2. The van der Waals surface area contributed by atoms with Gasteiger partial charge < -0.3 is 15.3 Å². The van der Waals surface area contributed by atoms with E-state index in [0.717, 1.165) is 0 Å². The number of rotatable bonds is 3. The molecule has 0 bridgehead atoms. The molecule has 0 saturated carbocycles. The van der Waals surface area contributed by atoms with Gasteiger partial charge in [-0.25, -0.2) is 0 Å². The van der Waals surface area contributed by atoms with Gasteiger partial charge in [-0.3, -0.25) is 14.4 Å². The van der Waals surface area contributed by atoms with Gasteiger partial charge in [-0.05, 0) is 41.5 Å². The highest BCUT2D eigenvalue weighted by Crippen LogP contribution is 1.83. The van der Waals surface area contributed by atoms with Crippen molar-refractivity contribution in [2.24, 2.45) is 0 Å². The van der Waals surface area contributed by atoms with Crippen molar-refractivity contribution < 1.29 is 33.8 Å². The molecule has 0 aromatic rings. The van der Waals surface area contributed by atoms with Crippen molar-refractivity contribution in [3.05, 3.63) is 35.4 Å². The number of aliphatic hydroxyl groups is 3. The molecule has 0 aliphatic heterocycles. The maximum Gasteiger partial charge on any atom is 0.155 e. The molecule has 0 rings (SSSR count). The van der Waals surface area contributed by atoms with E-state index in [9.17, 15) is 14.4 Å². The van der Waals surface area contributed by atoms with Crippen LogP contribution in [-0.4, -0.2) is 50.0 Å². The molecule has 0 aromatic carbocycles. The van der Waals surface area contributed by atoms with Gasteiger partial charge in [0, 0.05) is 35.5 Å². The van der Waals surface area contributed by atoms with Crippen LogP contribution in [0, 0.1) is 0 Å². The molecule has 3 N–H and O–H groups in total. The summed E-state index contributed by atoms with van der Waals surface area (Å²) in [6.07, 6.45) is 0. The summed E-state index contributed by atoms with van der Waals surface area (Å²) in [5.41, 5.74) is 0. The van der Waals surface area contributed by atoms with Crippen LogP contribution in [0.1, 0.15) is 45.7 Å². The minimum atomic E-state index is -0.412. The normalized spacial score (nSPS) is 14.2. The van der Waals surface area contributed by atoms with Crippen molar-refractivity contribution >= 4 is 34.7 Å². The first-order valence-electron chi connectivity index (χ1n) is 7.28. The Kier molecular flexibility index (Phi) is 15.8. The predicted molar refractivity (Wildman–Crippen MR) is 87.0 cm³/mol. The molecule has 3 radical (unpaired) electrons. The molecule has 0 amide bonds. The fourth-order valence-corrected chi connectivity index (χ4v) is 0.764. The lowest BCUT2D eigenvalue weighted by Gasteiger charge is -1.80. The second kappa shape index (κ2) is 17.2. The third-order valence-corrected chi connectivity index (χ3v) is 1.07. The van der Waals surface area contributed by atoms with Gasteiger partial charge in [-0.15, -0.1) is 0 Å². The molecule has 0 atom stereocenters. The van der Waals surface area contributed by atoms with Crippen LogP contribution < -0.4 is 0 Å². The molecule has 0 aliphatic rings. The lowest BCUT2D eigenvalue weighted by molar-refractivity contribution is -0.113. The summed E-state index contributed by atoms with van der Waals surface area (Å²) in [5, 5.41) is 25.4. The molecule has 7 heteroatoms. The quantitative estimate of drug-likeness (QED) is 0.417. The van der Waals surface area contributed by atoms with Crippen LogP contribution in [0.15, 0.2) is 35.4 Å². The van der Waals surface area contributed by atoms with E-state index in [1.54, 1.807) is 0 Å². The highest BCUT2D eigenvalue weighted by Gasteiger charge is 1.84. The Bertz CT molecular complexity index is 487. The van der Waals surface area contributed by atoms with Crippen LogP contribution >= 0.6 is 0 Å². The van der Waals surface area contributed by atoms with Gasteiger partial charge in [0.2, 0.25) is 0 Å². The molecule has 0 aromatic heterocycles. The summed E-state index contributed by atoms with van der Waals surface area (Å²) >= 11 is 0. The average molecular weight is 330 g/mol. The van der Waals surface area contributed by atoms with E-state index >= 15 is 0 Å². The van der Waals surface area contributed by atoms with Gasteiger partial charge in [0.1, 0.15) is 0 Å². The maximum atomic E-state index is 10.2. The fraction of sp³-hybridized carbons (Fsp3) is 0.400. The Hall–Kier alpha value is -1.84. The molecule has 0 aliphatic carbocycles. The second-order valence-corrected chi connectivity index (χ2v) is 3.80. The first-order valence-corrected chi connectivity index (χ1v) is 5.78. The molecular formula is C15H24AlO6. The minimum Gasteiger partial charge on any atom is -0.512 e. The van der Waals surface area contributed by atoms with Crippen LogP contribution in [0.4, 0.5) is 0 Å². The predicted octanol–water partition coefficient (Wildman–Crippen LogP) is 2.73. The maximum absolute atomic E-state index is 10.2. The summed E-state index contributed by atoms with van der Waals surface area (Å²) in [6.45, 7) is 7.64. The van der Waals surface area contributed by atoms with E-state index in [4.69, 9.17) is 19.4 Å². The first-order chi connectivity index (χ1) is 10.7. The Morgan fingerprint density at radius 1 is 0.636 bits per heavy atom. The topological polar surface area (TPSA) is 112 Å². The lowest BCUT2D eigenvalue weighted by atomic mass is 10.4.